The molecular formula is C19H23IO2. The van der Waals surface area contributed by atoms with Crippen molar-refractivity contribution in [2.45, 2.75) is 38.2 Å². The molecule has 0 amide bonds. The average molecular weight is 410 g/mol. The highest BCUT2D eigenvalue weighted by molar-refractivity contribution is 14.1. The molecule has 0 spiro atoms. The van der Waals surface area contributed by atoms with Crippen molar-refractivity contribution in [3.63, 3.8) is 0 Å². The Bertz CT molecular complexity index is 551. The molecule has 4 fully saturated rings. The van der Waals surface area contributed by atoms with E-state index in [0.29, 0.717) is 5.75 Å². The monoisotopic (exact) mass is 410 g/mol. The number of alkyl halides is 1. The lowest BCUT2D eigenvalue weighted by atomic mass is 9.54. The van der Waals surface area contributed by atoms with Crippen LogP contribution in [0.2, 0.25) is 0 Å². The van der Waals surface area contributed by atoms with Crippen LogP contribution in [0.5, 0.6) is 5.75 Å². The molecule has 5 rings (SSSR count). The van der Waals surface area contributed by atoms with Gasteiger partial charge in [0.2, 0.25) is 0 Å². The fraction of sp³-hybridized carbons (Fsp3) is 0.579. The van der Waals surface area contributed by atoms with Crippen LogP contribution in [0.4, 0.5) is 0 Å². The van der Waals surface area contributed by atoms with Gasteiger partial charge in [0.25, 0.3) is 0 Å². The lowest BCUT2D eigenvalue weighted by Gasteiger charge is -2.51. The van der Waals surface area contributed by atoms with Crippen LogP contribution in [-0.4, -0.2) is 9.53 Å². The third-order valence-corrected chi connectivity index (χ3v) is 6.63. The van der Waals surface area contributed by atoms with Crippen molar-refractivity contribution < 1.29 is 9.84 Å². The number of phenolic OH excluding ortho intramolecular Hbond substituents is 1. The van der Waals surface area contributed by atoms with E-state index < -0.39 is 0 Å². The van der Waals surface area contributed by atoms with Gasteiger partial charge in [-0.05, 0) is 79.0 Å². The van der Waals surface area contributed by atoms with Crippen molar-refractivity contribution in [3.05, 3.63) is 41.7 Å². The first-order valence-electron chi connectivity index (χ1n) is 8.43. The normalized spacial score (nSPS) is 33.8. The van der Waals surface area contributed by atoms with Crippen LogP contribution >= 0.6 is 22.6 Å². The van der Waals surface area contributed by atoms with E-state index in [1.807, 2.05) is 18.2 Å². The molecule has 1 aromatic rings. The molecule has 4 bridgehead atoms. The summed E-state index contributed by atoms with van der Waals surface area (Å²) in [6.07, 6.45) is 9.19. The molecule has 3 heteroatoms. The Morgan fingerprint density at radius 2 is 1.82 bits per heavy atom. The van der Waals surface area contributed by atoms with Gasteiger partial charge in [0.1, 0.15) is 11.9 Å². The van der Waals surface area contributed by atoms with E-state index in [1.165, 1.54) is 32.1 Å². The highest BCUT2D eigenvalue weighted by Gasteiger charge is 2.45. The Morgan fingerprint density at radius 3 is 2.41 bits per heavy atom. The fourth-order valence-corrected chi connectivity index (χ4v) is 5.73. The number of allylic oxidation sites excluding steroid dienone is 1. The molecule has 4 saturated carbocycles. The SMILES string of the molecule is Oc1cccc(C(CI)OC=C2C3CC4CC(C3)CC2C4)c1. The quantitative estimate of drug-likeness (QED) is 0.419. The van der Waals surface area contributed by atoms with Crippen molar-refractivity contribution in [2.75, 3.05) is 4.43 Å². The Hall–Kier alpha value is -0.710. The third kappa shape index (κ3) is 2.77. The highest BCUT2D eigenvalue weighted by Crippen LogP contribution is 2.56. The summed E-state index contributed by atoms with van der Waals surface area (Å²) in [4.78, 5) is 0. The van der Waals surface area contributed by atoms with Gasteiger partial charge in [-0.3, -0.25) is 0 Å². The van der Waals surface area contributed by atoms with E-state index in [9.17, 15) is 5.11 Å². The maximum absolute atomic E-state index is 9.67. The maximum atomic E-state index is 9.67. The van der Waals surface area contributed by atoms with Crippen molar-refractivity contribution in [3.8, 4) is 5.75 Å². The van der Waals surface area contributed by atoms with E-state index in [0.717, 1.165) is 33.7 Å². The van der Waals surface area contributed by atoms with Gasteiger partial charge < -0.3 is 9.84 Å². The fourth-order valence-electron chi connectivity index (χ4n) is 5.01. The van der Waals surface area contributed by atoms with Crippen LogP contribution in [0.15, 0.2) is 36.1 Å². The summed E-state index contributed by atoms with van der Waals surface area (Å²) in [6, 6.07) is 7.46. The van der Waals surface area contributed by atoms with Gasteiger partial charge in [0, 0.05) is 4.43 Å². The number of aromatic hydroxyl groups is 1. The lowest BCUT2D eigenvalue weighted by molar-refractivity contribution is 0.0602. The molecule has 0 aromatic heterocycles. The number of phenols is 1. The summed E-state index contributed by atoms with van der Waals surface area (Å²) in [5, 5.41) is 9.67. The summed E-state index contributed by atoms with van der Waals surface area (Å²) < 4.78 is 7.07. The number of rotatable bonds is 4. The van der Waals surface area contributed by atoms with Gasteiger partial charge in [0.05, 0.1) is 6.26 Å². The van der Waals surface area contributed by atoms with Crippen molar-refractivity contribution in [2.24, 2.45) is 23.7 Å². The summed E-state index contributed by atoms with van der Waals surface area (Å²) in [7, 11) is 0. The van der Waals surface area contributed by atoms with Gasteiger partial charge in [-0.2, -0.15) is 0 Å². The average Bonchev–Trinajstić information content (AvgIpc) is 2.49. The zero-order valence-corrected chi connectivity index (χ0v) is 14.9. The second kappa shape index (κ2) is 6.06. The number of halogens is 1. The van der Waals surface area contributed by atoms with Gasteiger partial charge in [0.15, 0.2) is 0 Å². The number of benzene rings is 1. The molecule has 22 heavy (non-hydrogen) atoms. The minimum atomic E-state index is 0.0392. The Morgan fingerprint density at radius 1 is 1.14 bits per heavy atom. The molecule has 4 aliphatic carbocycles. The Kier molecular flexibility index (Phi) is 4.09. The molecule has 118 valence electrons. The maximum Gasteiger partial charge on any atom is 0.132 e. The topological polar surface area (TPSA) is 29.5 Å². The molecule has 1 N–H and O–H groups in total. The predicted molar refractivity (Wildman–Crippen MR) is 95.9 cm³/mol. The minimum absolute atomic E-state index is 0.0392. The van der Waals surface area contributed by atoms with Gasteiger partial charge in [-0.25, -0.2) is 0 Å². The van der Waals surface area contributed by atoms with E-state index in [1.54, 1.807) is 11.6 Å². The van der Waals surface area contributed by atoms with Gasteiger partial charge >= 0.3 is 0 Å². The smallest absolute Gasteiger partial charge is 0.132 e. The predicted octanol–water partition coefficient (Wildman–Crippen LogP) is 5.22. The molecule has 2 nitrogen and oxygen atoms in total. The number of hydrogen-bond donors (Lipinski definition) is 1. The zero-order valence-electron chi connectivity index (χ0n) is 12.7. The zero-order chi connectivity index (χ0) is 15.1. The molecule has 0 aliphatic heterocycles. The molecule has 4 aliphatic rings. The first-order valence-corrected chi connectivity index (χ1v) is 9.95. The van der Waals surface area contributed by atoms with Crippen LogP contribution in [-0.2, 0) is 4.74 Å². The largest absolute Gasteiger partial charge is 0.508 e. The summed E-state index contributed by atoms with van der Waals surface area (Å²) >= 11 is 2.37. The van der Waals surface area contributed by atoms with Crippen LogP contribution in [0, 0.1) is 23.7 Å². The van der Waals surface area contributed by atoms with Crippen LogP contribution in [0.1, 0.15) is 43.8 Å². The molecule has 0 saturated heterocycles. The van der Waals surface area contributed by atoms with E-state index in [2.05, 4.69) is 28.9 Å². The van der Waals surface area contributed by atoms with E-state index in [-0.39, 0.29) is 6.10 Å². The molecule has 0 radical (unpaired) electrons. The van der Waals surface area contributed by atoms with Crippen molar-refractivity contribution in [1.29, 1.82) is 0 Å². The molecule has 1 unspecified atom stereocenters. The van der Waals surface area contributed by atoms with Crippen LogP contribution in [0.25, 0.3) is 0 Å². The number of ether oxygens (including phenoxy) is 1. The molecule has 0 heterocycles. The van der Waals surface area contributed by atoms with Crippen molar-refractivity contribution >= 4 is 22.6 Å². The van der Waals surface area contributed by atoms with Crippen molar-refractivity contribution in [1.82, 2.24) is 0 Å². The summed E-state index contributed by atoms with van der Waals surface area (Å²) in [5.41, 5.74) is 2.65. The lowest BCUT2D eigenvalue weighted by Crippen LogP contribution is -2.40. The molecule has 1 aromatic carbocycles. The van der Waals surface area contributed by atoms with Crippen LogP contribution < -0.4 is 0 Å². The molecule has 1 atom stereocenters. The highest BCUT2D eigenvalue weighted by atomic mass is 127. The minimum Gasteiger partial charge on any atom is -0.508 e. The standard InChI is InChI=1S/C19H23IO2/c20-10-19(14-2-1-3-17(21)9-14)22-11-18-15-5-12-4-13(7-15)8-16(18)6-12/h1-3,9,11-13,15-16,19,21H,4-8,10H2. The van der Waals surface area contributed by atoms with E-state index >= 15 is 0 Å². The van der Waals surface area contributed by atoms with E-state index in [4.69, 9.17) is 4.74 Å². The molecular weight excluding hydrogens is 387 g/mol. The first-order chi connectivity index (χ1) is 10.7. The Balaban J connectivity index is 1.50. The van der Waals surface area contributed by atoms with Gasteiger partial charge in [-0.15, -0.1) is 0 Å². The first kappa shape index (κ1) is 14.9. The second-order valence-electron chi connectivity index (χ2n) is 7.30. The second-order valence-corrected chi connectivity index (χ2v) is 8.18. The number of hydrogen-bond acceptors (Lipinski definition) is 2. The summed E-state index contributed by atoms with van der Waals surface area (Å²) in [5.74, 6) is 3.88. The summed E-state index contributed by atoms with van der Waals surface area (Å²) in [6.45, 7) is 0. The van der Waals surface area contributed by atoms with Crippen LogP contribution in [0.3, 0.4) is 0 Å². The van der Waals surface area contributed by atoms with Gasteiger partial charge in [-0.1, -0.05) is 34.7 Å². The Labute approximate surface area is 146 Å². The third-order valence-electron chi connectivity index (χ3n) is 5.83.